The van der Waals surface area contributed by atoms with E-state index < -0.39 is 16.3 Å². The number of carbonyl (C=O) groups excluding carboxylic acids is 1. The average molecular weight is 649 g/mol. The zero-order valence-electron chi connectivity index (χ0n) is 27.3. The molecular formula is C38H40N4O6. The van der Waals surface area contributed by atoms with Crippen LogP contribution in [0.2, 0.25) is 0 Å². The number of benzene rings is 3. The standard InChI is InChI=1S/C38H40N4O6/c1-38(2)32-25-26(14-22-35(43)44)13-20-33(32)40(23-24-48-30-11-7-4-8-12-30)34(38)21-19-31-36(27-15-17-29(18-16-27)42(46)47)39-41(37(31)45)28-9-5-3-6-10-28/h4,7-8,11-13,15-21,25,28H,3,5-6,9-10,14,22-24H2,1-2H3,(H,43,44)/b31-19-,34-21+. The number of aryl methyl sites for hydroxylation is 1. The van der Waals surface area contributed by atoms with E-state index in [-0.39, 0.29) is 24.1 Å². The zero-order chi connectivity index (χ0) is 33.8. The maximum atomic E-state index is 14.1. The Morgan fingerprint density at radius 2 is 1.77 bits per heavy atom. The van der Waals surface area contributed by atoms with Crippen LogP contribution in [0.3, 0.4) is 0 Å². The molecule has 1 amide bonds. The fraction of sp³-hybridized carbons (Fsp3) is 0.342. The van der Waals surface area contributed by atoms with E-state index in [2.05, 4.69) is 24.8 Å². The first-order chi connectivity index (χ1) is 23.1. The van der Waals surface area contributed by atoms with Gasteiger partial charge in [-0.15, -0.1) is 0 Å². The molecule has 10 nitrogen and oxygen atoms in total. The summed E-state index contributed by atoms with van der Waals surface area (Å²) in [5.41, 5.74) is 5.07. The van der Waals surface area contributed by atoms with Gasteiger partial charge in [0.25, 0.3) is 11.6 Å². The van der Waals surface area contributed by atoms with Gasteiger partial charge in [-0.1, -0.05) is 63.4 Å². The number of allylic oxidation sites excluding steroid dienone is 3. The molecule has 0 unspecified atom stereocenters. The predicted octanol–water partition coefficient (Wildman–Crippen LogP) is 7.18. The van der Waals surface area contributed by atoms with E-state index in [0.29, 0.717) is 36.4 Å². The van der Waals surface area contributed by atoms with Crippen LogP contribution in [0.1, 0.15) is 69.1 Å². The van der Waals surface area contributed by atoms with Crippen LogP contribution in [0.15, 0.2) is 101 Å². The molecule has 1 aliphatic carbocycles. The fourth-order valence-electron chi connectivity index (χ4n) is 6.91. The Morgan fingerprint density at radius 3 is 2.46 bits per heavy atom. The largest absolute Gasteiger partial charge is 0.492 e. The zero-order valence-corrected chi connectivity index (χ0v) is 27.3. The van der Waals surface area contributed by atoms with E-state index >= 15 is 0 Å². The first kappa shape index (κ1) is 32.7. The molecule has 3 aromatic rings. The first-order valence-electron chi connectivity index (χ1n) is 16.5. The van der Waals surface area contributed by atoms with Crippen LogP contribution in [-0.2, 0) is 21.4 Å². The molecule has 248 valence electrons. The maximum Gasteiger partial charge on any atom is 0.303 e. The number of ether oxygens (including phenoxy) is 1. The lowest BCUT2D eigenvalue weighted by Crippen LogP contribution is -2.35. The van der Waals surface area contributed by atoms with Crippen molar-refractivity contribution in [3.05, 3.63) is 123 Å². The molecule has 0 aromatic heterocycles. The van der Waals surface area contributed by atoms with Gasteiger partial charge in [-0.3, -0.25) is 19.7 Å². The molecule has 3 aliphatic rings. The molecule has 0 saturated heterocycles. The molecule has 3 aromatic carbocycles. The van der Waals surface area contributed by atoms with Crippen molar-refractivity contribution in [2.75, 3.05) is 18.1 Å². The minimum Gasteiger partial charge on any atom is -0.492 e. The summed E-state index contributed by atoms with van der Waals surface area (Å²) in [6.45, 7) is 5.22. The van der Waals surface area contributed by atoms with Crippen LogP contribution in [0, 0.1) is 10.1 Å². The topological polar surface area (TPSA) is 126 Å². The van der Waals surface area contributed by atoms with Crippen molar-refractivity contribution in [3.8, 4) is 5.75 Å². The smallest absolute Gasteiger partial charge is 0.303 e. The summed E-state index contributed by atoms with van der Waals surface area (Å²) in [6, 6.07) is 21.9. The van der Waals surface area contributed by atoms with E-state index in [4.69, 9.17) is 9.84 Å². The highest BCUT2D eigenvalue weighted by molar-refractivity contribution is 6.31. The van der Waals surface area contributed by atoms with Crippen LogP contribution in [-0.4, -0.2) is 51.8 Å². The van der Waals surface area contributed by atoms with Crippen molar-refractivity contribution in [2.45, 2.75) is 70.3 Å². The third kappa shape index (κ3) is 6.74. The van der Waals surface area contributed by atoms with Crippen LogP contribution in [0.5, 0.6) is 5.75 Å². The number of hydrogen-bond acceptors (Lipinski definition) is 7. The lowest BCUT2D eigenvalue weighted by molar-refractivity contribution is -0.384. The number of nitro groups is 1. The maximum absolute atomic E-state index is 14.1. The van der Waals surface area contributed by atoms with Crippen molar-refractivity contribution < 1.29 is 24.4 Å². The summed E-state index contributed by atoms with van der Waals surface area (Å²) < 4.78 is 6.09. The fourth-order valence-corrected chi connectivity index (χ4v) is 6.91. The Morgan fingerprint density at radius 1 is 1.04 bits per heavy atom. The highest BCUT2D eigenvalue weighted by Gasteiger charge is 2.41. The molecule has 6 rings (SSSR count). The van der Waals surface area contributed by atoms with Crippen LogP contribution >= 0.6 is 0 Å². The van der Waals surface area contributed by atoms with Gasteiger partial charge in [0.1, 0.15) is 18.1 Å². The van der Waals surface area contributed by atoms with Gasteiger partial charge >= 0.3 is 5.97 Å². The lowest BCUT2D eigenvalue weighted by atomic mass is 9.82. The Labute approximate surface area is 280 Å². The van der Waals surface area contributed by atoms with Gasteiger partial charge in [0.05, 0.1) is 23.1 Å². The van der Waals surface area contributed by atoms with Crippen LogP contribution in [0.25, 0.3) is 0 Å². The predicted molar refractivity (Wildman–Crippen MR) is 184 cm³/mol. The number of aliphatic carboxylic acids is 1. The molecule has 0 atom stereocenters. The molecule has 0 bridgehead atoms. The number of non-ortho nitro benzene ring substituents is 1. The van der Waals surface area contributed by atoms with Gasteiger partial charge in [-0.25, -0.2) is 5.01 Å². The molecule has 1 saturated carbocycles. The number of hydrogen-bond donors (Lipinski definition) is 1. The Kier molecular flexibility index (Phi) is 9.43. The molecule has 2 aliphatic heterocycles. The van der Waals surface area contributed by atoms with Gasteiger partial charge in [-0.2, -0.15) is 5.10 Å². The van der Waals surface area contributed by atoms with E-state index in [1.165, 1.54) is 12.1 Å². The number of carboxylic acids is 1. The normalized spacial score (nSPS) is 19.1. The molecular weight excluding hydrogens is 608 g/mol. The minimum atomic E-state index is -0.837. The van der Waals surface area contributed by atoms with Crippen LogP contribution < -0.4 is 9.64 Å². The van der Waals surface area contributed by atoms with Crippen molar-refractivity contribution in [1.29, 1.82) is 0 Å². The monoisotopic (exact) mass is 648 g/mol. The minimum absolute atomic E-state index is 0.0147. The second-order valence-electron chi connectivity index (χ2n) is 13.0. The Bertz CT molecular complexity index is 1790. The molecule has 10 heteroatoms. The van der Waals surface area contributed by atoms with Crippen molar-refractivity contribution >= 4 is 29.0 Å². The number of nitrogens with zero attached hydrogens (tertiary/aromatic N) is 4. The van der Waals surface area contributed by atoms with Crippen molar-refractivity contribution in [1.82, 2.24) is 5.01 Å². The Balaban J connectivity index is 1.38. The van der Waals surface area contributed by atoms with Gasteiger partial charge in [0, 0.05) is 40.9 Å². The molecule has 48 heavy (non-hydrogen) atoms. The number of nitro benzene ring substituents is 1. The summed E-state index contributed by atoms with van der Waals surface area (Å²) in [6.07, 6.45) is 9.30. The highest BCUT2D eigenvalue weighted by atomic mass is 16.6. The number of hydrazone groups is 1. The molecule has 1 N–H and O–H groups in total. The summed E-state index contributed by atoms with van der Waals surface area (Å²) in [5, 5.41) is 27.1. The third-order valence-corrected chi connectivity index (χ3v) is 9.49. The van der Waals surface area contributed by atoms with Crippen molar-refractivity contribution in [3.63, 3.8) is 0 Å². The summed E-state index contributed by atoms with van der Waals surface area (Å²) >= 11 is 0. The third-order valence-electron chi connectivity index (χ3n) is 9.49. The highest BCUT2D eigenvalue weighted by Crippen LogP contribution is 2.48. The van der Waals surface area contributed by atoms with Gasteiger partial charge in [0.2, 0.25) is 0 Å². The number of fused-ring (bicyclic) bond motifs is 1. The first-order valence-corrected chi connectivity index (χ1v) is 16.5. The lowest BCUT2D eigenvalue weighted by Gasteiger charge is -2.28. The summed E-state index contributed by atoms with van der Waals surface area (Å²) in [7, 11) is 0. The SMILES string of the molecule is CC1(C)/C(=C\C=C2/C(=O)N(C3CCCCC3)N=C2c2ccc([N+](=O)[O-])cc2)N(CCOc2ccccc2)c2ccc(CCC(=O)O)cc21. The molecule has 0 radical (unpaired) electrons. The van der Waals surface area contributed by atoms with Gasteiger partial charge in [-0.05, 0) is 72.9 Å². The Hall–Kier alpha value is -5.25. The van der Waals surface area contributed by atoms with Gasteiger partial charge in [0.15, 0.2) is 0 Å². The molecule has 0 spiro atoms. The number of carboxylic acid groups (broad SMARTS) is 1. The second-order valence-corrected chi connectivity index (χ2v) is 13.0. The van der Waals surface area contributed by atoms with Crippen molar-refractivity contribution in [2.24, 2.45) is 5.10 Å². The number of amides is 1. The summed E-state index contributed by atoms with van der Waals surface area (Å²) in [5.74, 6) is -0.234. The van der Waals surface area contributed by atoms with E-state index in [1.54, 1.807) is 17.1 Å². The number of para-hydroxylation sites is 1. The van der Waals surface area contributed by atoms with E-state index in [0.717, 1.165) is 60.4 Å². The average Bonchev–Trinajstić information content (AvgIpc) is 3.52. The number of anilines is 1. The molecule has 2 heterocycles. The van der Waals surface area contributed by atoms with Crippen LogP contribution in [0.4, 0.5) is 11.4 Å². The quantitative estimate of drug-likeness (QED) is 0.133. The summed E-state index contributed by atoms with van der Waals surface area (Å²) in [4.78, 5) is 38.5. The number of rotatable bonds is 11. The number of carbonyl (C=O) groups is 2. The van der Waals surface area contributed by atoms with E-state index in [9.17, 15) is 24.8 Å². The van der Waals surface area contributed by atoms with E-state index in [1.807, 2.05) is 54.6 Å². The molecule has 1 fully saturated rings. The van der Waals surface area contributed by atoms with Gasteiger partial charge < -0.3 is 14.7 Å². The second kappa shape index (κ2) is 13.9.